The first kappa shape index (κ1) is 19.0. The number of ether oxygens (including phenoxy) is 2. The van der Waals surface area contributed by atoms with E-state index in [4.69, 9.17) is 9.47 Å². The molecule has 1 heterocycles. The molecule has 1 aliphatic rings. The van der Waals surface area contributed by atoms with Crippen LogP contribution in [0.3, 0.4) is 0 Å². The summed E-state index contributed by atoms with van der Waals surface area (Å²) in [5, 5.41) is 6.68. The van der Waals surface area contributed by atoms with Crippen LogP contribution in [-0.2, 0) is 11.3 Å². The number of aliphatic imine (C=N–C) groups is 1. The molecule has 2 rings (SSSR count). The second-order valence-electron chi connectivity index (χ2n) is 5.62. The molecule has 1 aromatic carbocycles. The van der Waals surface area contributed by atoms with Gasteiger partial charge in [-0.3, -0.25) is 4.99 Å². The molecule has 0 bridgehead atoms. The summed E-state index contributed by atoms with van der Waals surface area (Å²) in [6, 6.07) is 8.05. The average molecular weight is 419 g/mol. The van der Waals surface area contributed by atoms with Crippen LogP contribution in [0.2, 0.25) is 0 Å². The first-order valence-electron chi connectivity index (χ1n) is 7.40. The Labute approximate surface area is 149 Å². The average Bonchev–Trinajstić information content (AvgIpc) is 2.47. The second-order valence-corrected chi connectivity index (χ2v) is 5.62. The summed E-state index contributed by atoms with van der Waals surface area (Å²) in [7, 11) is 1.78. The molecule has 0 atom stereocenters. The van der Waals surface area contributed by atoms with Gasteiger partial charge in [-0.1, -0.05) is 25.1 Å². The minimum Gasteiger partial charge on any atom is -0.494 e. The molecule has 5 nitrogen and oxygen atoms in total. The largest absolute Gasteiger partial charge is 0.494 e. The molecule has 1 aliphatic heterocycles. The quantitative estimate of drug-likeness (QED) is 0.423. The molecule has 0 unspecified atom stereocenters. The molecule has 1 saturated heterocycles. The zero-order valence-corrected chi connectivity index (χ0v) is 15.8. The third-order valence-electron chi connectivity index (χ3n) is 3.53. The number of hydrogen-bond donors (Lipinski definition) is 2. The van der Waals surface area contributed by atoms with Crippen LogP contribution in [0.15, 0.2) is 29.3 Å². The van der Waals surface area contributed by atoms with Crippen LogP contribution in [-0.4, -0.2) is 39.4 Å². The summed E-state index contributed by atoms with van der Waals surface area (Å²) < 4.78 is 10.9. The highest BCUT2D eigenvalue weighted by molar-refractivity contribution is 14.0. The Balaban J connectivity index is 0.00000242. The molecule has 124 valence electrons. The maximum absolute atomic E-state index is 5.63. The van der Waals surface area contributed by atoms with Crippen molar-refractivity contribution in [1.29, 1.82) is 0 Å². The highest BCUT2D eigenvalue weighted by atomic mass is 127. The van der Waals surface area contributed by atoms with Gasteiger partial charge in [-0.25, -0.2) is 0 Å². The summed E-state index contributed by atoms with van der Waals surface area (Å²) >= 11 is 0. The third kappa shape index (κ3) is 5.31. The van der Waals surface area contributed by atoms with Crippen molar-refractivity contribution in [3.8, 4) is 5.75 Å². The van der Waals surface area contributed by atoms with Crippen molar-refractivity contribution in [2.75, 3.05) is 33.4 Å². The van der Waals surface area contributed by atoms with Crippen molar-refractivity contribution in [2.45, 2.75) is 20.4 Å². The Kier molecular flexibility index (Phi) is 7.95. The van der Waals surface area contributed by atoms with Gasteiger partial charge in [0.1, 0.15) is 5.75 Å². The van der Waals surface area contributed by atoms with E-state index in [0.29, 0.717) is 13.2 Å². The monoisotopic (exact) mass is 419 g/mol. The third-order valence-corrected chi connectivity index (χ3v) is 3.53. The van der Waals surface area contributed by atoms with Crippen molar-refractivity contribution in [3.63, 3.8) is 0 Å². The van der Waals surface area contributed by atoms with Crippen LogP contribution in [0.5, 0.6) is 5.75 Å². The lowest BCUT2D eigenvalue weighted by molar-refractivity contribution is -0.0971. The van der Waals surface area contributed by atoms with Crippen LogP contribution in [0.4, 0.5) is 0 Å². The molecular formula is C16H26IN3O2. The summed E-state index contributed by atoms with van der Waals surface area (Å²) in [6.07, 6.45) is 0. The maximum Gasteiger partial charge on any atom is 0.191 e. The molecule has 0 aliphatic carbocycles. The molecule has 0 aromatic heterocycles. The molecular weight excluding hydrogens is 393 g/mol. The fourth-order valence-electron chi connectivity index (χ4n) is 2.20. The number of para-hydroxylation sites is 1. The number of hydrogen-bond acceptors (Lipinski definition) is 3. The Morgan fingerprint density at radius 3 is 2.64 bits per heavy atom. The van der Waals surface area contributed by atoms with Gasteiger partial charge in [0.15, 0.2) is 5.96 Å². The minimum atomic E-state index is 0. The van der Waals surface area contributed by atoms with E-state index >= 15 is 0 Å². The Morgan fingerprint density at radius 1 is 1.32 bits per heavy atom. The van der Waals surface area contributed by atoms with E-state index in [1.807, 2.05) is 25.1 Å². The van der Waals surface area contributed by atoms with Crippen molar-refractivity contribution in [2.24, 2.45) is 10.4 Å². The molecule has 1 aromatic rings. The van der Waals surface area contributed by atoms with Crippen LogP contribution in [0.1, 0.15) is 19.4 Å². The highest BCUT2D eigenvalue weighted by Gasteiger charge is 2.33. The van der Waals surface area contributed by atoms with Gasteiger partial charge in [-0.05, 0) is 13.0 Å². The Hall–Kier alpha value is -1.02. The van der Waals surface area contributed by atoms with Crippen molar-refractivity contribution < 1.29 is 9.47 Å². The van der Waals surface area contributed by atoms with Crippen molar-refractivity contribution >= 4 is 29.9 Å². The lowest BCUT2D eigenvalue weighted by Gasteiger charge is -2.38. The van der Waals surface area contributed by atoms with E-state index in [1.54, 1.807) is 7.05 Å². The van der Waals surface area contributed by atoms with Crippen LogP contribution >= 0.6 is 24.0 Å². The number of nitrogens with zero attached hydrogens (tertiary/aromatic N) is 1. The number of guanidine groups is 1. The number of benzene rings is 1. The minimum absolute atomic E-state index is 0. The van der Waals surface area contributed by atoms with E-state index in [1.165, 1.54) is 0 Å². The van der Waals surface area contributed by atoms with Crippen molar-refractivity contribution in [3.05, 3.63) is 29.8 Å². The Morgan fingerprint density at radius 2 is 2.05 bits per heavy atom. The summed E-state index contributed by atoms with van der Waals surface area (Å²) in [6.45, 7) is 8.03. The lowest BCUT2D eigenvalue weighted by Crippen LogP contribution is -2.50. The van der Waals surface area contributed by atoms with Crippen LogP contribution < -0.4 is 15.4 Å². The zero-order chi connectivity index (χ0) is 15.1. The van der Waals surface area contributed by atoms with Gasteiger partial charge in [0.25, 0.3) is 0 Å². The van der Waals surface area contributed by atoms with Crippen LogP contribution in [0, 0.1) is 5.41 Å². The van der Waals surface area contributed by atoms with Gasteiger partial charge < -0.3 is 20.1 Å². The highest BCUT2D eigenvalue weighted by Crippen LogP contribution is 2.25. The summed E-state index contributed by atoms with van der Waals surface area (Å²) in [5.41, 5.74) is 1.35. The van der Waals surface area contributed by atoms with Gasteiger partial charge in [0.2, 0.25) is 0 Å². The van der Waals surface area contributed by atoms with E-state index in [-0.39, 0.29) is 29.4 Å². The topological polar surface area (TPSA) is 54.9 Å². The van der Waals surface area contributed by atoms with E-state index < -0.39 is 0 Å². The molecule has 0 spiro atoms. The first-order valence-corrected chi connectivity index (χ1v) is 7.40. The van der Waals surface area contributed by atoms with E-state index in [2.05, 4.69) is 28.6 Å². The molecule has 2 N–H and O–H groups in total. The van der Waals surface area contributed by atoms with Gasteiger partial charge >= 0.3 is 0 Å². The second kappa shape index (κ2) is 9.19. The SMILES string of the molecule is CCOc1ccccc1CNC(=NC)NCC1(C)COC1.I. The predicted molar refractivity (Wildman–Crippen MR) is 100 cm³/mol. The summed E-state index contributed by atoms with van der Waals surface area (Å²) in [4.78, 5) is 4.25. The number of rotatable bonds is 6. The molecule has 22 heavy (non-hydrogen) atoms. The maximum atomic E-state index is 5.63. The number of nitrogens with one attached hydrogen (secondary N) is 2. The zero-order valence-electron chi connectivity index (χ0n) is 13.5. The number of halogens is 1. The summed E-state index contributed by atoms with van der Waals surface area (Å²) in [5.74, 6) is 1.72. The normalized spacial score (nSPS) is 16.2. The van der Waals surface area contributed by atoms with Gasteiger partial charge in [-0.15, -0.1) is 24.0 Å². The van der Waals surface area contributed by atoms with Gasteiger partial charge in [-0.2, -0.15) is 0 Å². The molecule has 6 heteroatoms. The fourth-order valence-corrected chi connectivity index (χ4v) is 2.20. The van der Waals surface area contributed by atoms with E-state index in [0.717, 1.165) is 37.0 Å². The van der Waals surface area contributed by atoms with Gasteiger partial charge in [0, 0.05) is 31.1 Å². The van der Waals surface area contributed by atoms with Crippen molar-refractivity contribution in [1.82, 2.24) is 10.6 Å². The predicted octanol–water partition coefficient (Wildman–Crippen LogP) is 2.40. The first-order chi connectivity index (χ1) is 10.2. The standard InChI is InChI=1S/C16H25N3O2.HI/c1-4-21-14-8-6-5-7-13(14)9-18-15(17-3)19-10-16(2)11-20-12-16;/h5-8H,4,9-12H2,1-3H3,(H2,17,18,19);1H. The fraction of sp³-hybridized carbons (Fsp3) is 0.562. The molecule has 0 amide bonds. The lowest BCUT2D eigenvalue weighted by atomic mass is 9.89. The molecule has 0 radical (unpaired) electrons. The molecule has 0 saturated carbocycles. The Bertz CT molecular complexity index is 490. The smallest absolute Gasteiger partial charge is 0.191 e. The van der Waals surface area contributed by atoms with Crippen LogP contribution in [0.25, 0.3) is 0 Å². The molecule has 1 fully saturated rings. The van der Waals surface area contributed by atoms with E-state index in [9.17, 15) is 0 Å². The van der Waals surface area contributed by atoms with Gasteiger partial charge in [0.05, 0.1) is 19.8 Å².